The third-order valence-corrected chi connectivity index (χ3v) is 5.70. The van der Waals surface area contributed by atoms with Gasteiger partial charge in [0, 0.05) is 25.3 Å². The van der Waals surface area contributed by atoms with Crippen LogP contribution in [-0.2, 0) is 16.8 Å². The Balaban J connectivity index is 1.58. The highest BCUT2D eigenvalue weighted by Crippen LogP contribution is 2.33. The Morgan fingerprint density at radius 3 is 2.58 bits per heavy atom. The number of para-hydroxylation sites is 1. The van der Waals surface area contributed by atoms with Crippen molar-refractivity contribution in [2.75, 3.05) is 13.2 Å². The quantitative estimate of drug-likeness (QED) is 0.770. The number of fused-ring (bicyclic) bond motifs is 1. The average Bonchev–Trinajstić information content (AvgIpc) is 3.04. The van der Waals surface area contributed by atoms with Crippen molar-refractivity contribution >= 4 is 21.6 Å². The van der Waals surface area contributed by atoms with Crippen LogP contribution in [0.1, 0.15) is 23.4 Å². The zero-order valence-corrected chi connectivity index (χ0v) is 14.1. The van der Waals surface area contributed by atoms with E-state index in [9.17, 15) is 4.39 Å². The van der Waals surface area contributed by atoms with Gasteiger partial charge < -0.3 is 10.1 Å². The van der Waals surface area contributed by atoms with Gasteiger partial charge in [0.2, 0.25) is 0 Å². The van der Waals surface area contributed by atoms with Crippen LogP contribution in [0.25, 0.3) is 10.2 Å². The van der Waals surface area contributed by atoms with Crippen LogP contribution in [-0.4, -0.2) is 18.2 Å². The van der Waals surface area contributed by atoms with Crippen LogP contribution >= 0.6 is 11.3 Å². The lowest BCUT2D eigenvalue weighted by atomic mass is 9.82. The van der Waals surface area contributed by atoms with Gasteiger partial charge in [-0.25, -0.2) is 9.37 Å². The van der Waals surface area contributed by atoms with Crippen molar-refractivity contribution in [1.82, 2.24) is 10.3 Å². The predicted molar refractivity (Wildman–Crippen MR) is 94.6 cm³/mol. The molecule has 0 aliphatic carbocycles. The van der Waals surface area contributed by atoms with E-state index < -0.39 is 0 Å². The smallest absolute Gasteiger partial charge is 0.123 e. The summed E-state index contributed by atoms with van der Waals surface area (Å²) in [5.41, 5.74) is 1.99. The first-order valence-electron chi connectivity index (χ1n) is 8.18. The van der Waals surface area contributed by atoms with Gasteiger partial charge in [0.15, 0.2) is 0 Å². The Hall–Kier alpha value is -1.82. The molecule has 1 aliphatic rings. The van der Waals surface area contributed by atoms with Gasteiger partial charge in [0.25, 0.3) is 0 Å². The summed E-state index contributed by atoms with van der Waals surface area (Å²) in [6.07, 6.45) is 1.76. The van der Waals surface area contributed by atoms with Crippen LogP contribution in [0.15, 0.2) is 48.5 Å². The molecule has 0 spiro atoms. The molecule has 1 saturated heterocycles. The molecule has 4 rings (SSSR count). The normalized spacial score (nSPS) is 17.2. The number of thiazole rings is 1. The van der Waals surface area contributed by atoms with E-state index in [4.69, 9.17) is 9.72 Å². The number of hydrogen-bond acceptors (Lipinski definition) is 4. The van der Waals surface area contributed by atoms with Gasteiger partial charge in [-0.15, -0.1) is 11.3 Å². The first-order chi connectivity index (χ1) is 11.8. The SMILES string of the molecule is Fc1ccc(C2(NCc3nc4ccccc4s3)CCOCC2)cc1. The lowest BCUT2D eigenvalue weighted by Crippen LogP contribution is -2.46. The fourth-order valence-corrected chi connectivity index (χ4v) is 4.20. The van der Waals surface area contributed by atoms with Crippen LogP contribution in [0.4, 0.5) is 4.39 Å². The zero-order valence-electron chi connectivity index (χ0n) is 13.3. The summed E-state index contributed by atoms with van der Waals surface area (Å²) >= 11 is 1.72. The maximum Gasteiger partial charge on any atom is 0.123 e. The van der Waals surface area contributed by atoms with Gasteiger partial charge >= 0.3 is 0 Å². The molecule has 0 amide bonds. The molecule has 0 unspecified atom stereocenters. The molecule has 1 aromatic heterocycles. The summed E-state index contributed by atoms with van der Waals surface area (Å²) in [5, 5.41) is 4.77. The molecule has 0 atom stereocenters. The van der Waals surface area contributed by atoms with Crippen LogP contribution < -0.4 is 5.32 Å². The Bertz CT molecular complexity index is 792. The van der Waals surface area contributed by atoms with E-state index in [-0.39, 0.29) is 11.4 Å². The Morgan fingerprint density at radius 2 is 1.83 bits per heavy atom. The summed E-state index contributed by atoms with van der Waals surface area (Å²) < 4.78 is 20.0. The van der Waals surface area contributed by atoms with Crippen molar-refractivity contribution in [3.63, 3.8) is 0 Å². The number of nitrogens with one attached hydrogen (secondary N) is 1. The fourth-order valence-electron chi connectivity index (χ4n) is 3.30. The summed E-state index contributed by atoms with van der Waals surface area (Å²) in [6.45, 7) is 2.13. The first kappa shape index (κ1) is 15.7. The predicted octanol–water partition coefficient (Wildman–Crippen LogP) is 4.23. The minimum absolute atomic E-state index is 0.177. The first-order valence-corrected chi connectivity index (χ1v) is 9.00. The molecule has 1 aliphatic heterocycles. The second kappa shape index (κ2) is 6.59. The number of hydrogen-bond donors (Lipinski definition) is 1. The number of rotatable bonds is 4. The lowest BCUT2D eigenvalue weighted by Gasteiger charge is -2.38. The Labute approximate surface area is 144 Å². The number of ether oxygens (including phenoxy) is 1. The van der Waals surface area contributed by atoms with E-state index in [0.717, 1.165) is 28.9 Å². The molecular weight excluding hydrogens is 323 g/mol. The molecule has 0 radical (unpaired) electrons. The Morgan fingerprint density at radius 1 is 1.08 bits per heavy atom. The number of benzene rings is 2. The van der Waals surface area contributed by atoms with Crippen molar-refractivity contribution < 1.29 is 9.13 Å². The highest BCUT2D eigenvalue weighted by molar-refractivity contribution is 7.18. The summed E-state index contributed by atoms with van der Waals surface area (Å²) in [7, 11) is 0. The van der Waals surface area contributed by atoms with Gasteiger partial charge in [-0.2, -0.15) is 0 Å². The number of nitrogens with zero attached hydrogens (tertiary/aromatic N) is 1. The largest absolute Gasteiger partial charge is 0.381 e. The number of aromatic nitrogens is 1. The maximum atomic E-state index is 13.3. The molecule has 1 N–H and O–H groups in total. The van der Waals surface area contributed by atoms with Crippen molar-refractivity contribution in [3.8, 4) is 0 Å². The third kappa shape index (κ3) is 3.07. The van der Waals surface area contributed by atoms with Crippen molar-refractivity contribution in [2.24, 2.45) is 0 Å². The number of halogens is 1. The van der Waals surface area contributed by atoms with E-state index in [1.807, 2.05) is 30.3 Å². The van der Waals surface area contributed by atoms with E-state index >= 15 is 0 Å². The summed E-state index contributed by atoms with van der Waals surface area (Å²) in [4.78, 5) is 4.70. The van der Waals surface area contributed by atoms with Crippen LogP contribution in [0, 0.1) is 5.82 Å². The van der Waals surface area contributed by atoms with E-state index in [1.165, 1.54) is 16.8 Å². The molecule has 0 bridgehead atoms. The summed E-state index contributed by atoms with van der Waals surface area (Å²) in [6, 6.07) is 15.0. The van der Waals surface area contributed by atoms with Crippen molar-refractivity contribution in [1.29, 1.82) is 0 Å². The zero-order chi connectivity index (χ0) is 16.4. The highest BCUT2D eigenvalue weighted by atomic mass is 32.1. The second-order valence-electron chi connectivity index (χ2n) is 6.13. The standard InChI is InChI=1S/C19H19FN2OS/c20-15-7-5-14(6-8-15)19(9-11-23-12-10-19)21-13-18-22-16-3-1-2-4-17(16)24-18/h1-8,21H,9-13H2. The van der Waals surface area contributed by atoms with Gasteiger partial charge in [0.05, 0.1) is 10.2 Å². The van der Waals surface area contributed by atoms with Crippen LogP contribution in [0.2, 0.25) is 0 Å². The molecule has 5 heteroatoms. The monoisotopic (exact) mass is 342 g/mol. The van der Waals surface area contributed by atoms with E-state index in [1.54, 1.807) is 11.3 Å². The maximum absolute atomic E-state index is 13.3. The molecule has 2 aromatic carbocycles. The molecule has 3 aromatic rings. The topological polar surface area (TPSA) is 34.2 Å². The van der Waals surface area contributed by atoms with E-state index in [0.29, 0.717) is 19.8 Å². The van der Waals surface area contributed by atoms with Gasteiger partial charge in [-0.3, -0.25) is 0 Å². The minimum atomic E-state index is -0.202. The molecule has 124 valence electrons. The molecular formula is C19H19FN2OS. The van der Waals surface area contributed by atoms with Gasteiger partial charge in [-0.1, -0.05) is 24.3 Å². The highest BCUT2D eigenvalue weighted by Gasteiger charge is 2.34. The van der Waals surface area contributed by atoms with Gasteiger partial charge in [0.1, 0.15) is 10.8 Å². The van der Waals surface area contributed by atoms with Crippen LogP contribution in [0.5, 0.6) is 0 Å². The molecule has 3 nitrogen and oxygen atoms in total. The second-order valence-corrected chi connectivity index (χ2v) is 7.25. The molecule has 1 fully saturated rings. The molecule has 0 saturated carbocycles. The van der Waals surface area contributed by atoms with Gasteiger partial charge in [-0.05, 0) is 42.7 Å². The van der Waals surface area contributed by atoms with Crippen molar-refractivity contribution in [2.45, 2.75) is 24.9 Å². The van der Waals surface area contributed by atoms with E-state index in [2.05, 4.69) is 11.4 Å². The molecule has 24 heavy (non-hydrogen) atoms. The van der Waals surface area contributed by atoms with Crippen LogP contribution in [0.3, 0.4) is 0 Å². The minimum Gasteiger partial charge on any atom is -0.381 e. The van der Waals surface area contributed by atoms with Crippen molar-refractivity contribution in [3.05, 3.63) is 64.9 Å². The fraction of sp³-hybridized carbons (Fsp3) is 0.316. The average molecular weight is 342 g/mol. The Kier molecular flexibility index (Phi) is 4.31. The molecule has 2 heterocycles. The third-order valence-electron chi connectivity index (χ3n) is 4.66. The lowest BCUT2D eigenvalue weighted by molar-refractivity contribution is 0.0357. The summed E-state index contributed by atoms with van der Waals surface area (Å²) in [5.74, 6) is -0.202.